The molecular weight excluding hydrogens is 329 g/mol. The molecule has 4 nitrogen and oxygen atoms in total. The summed E-state index contributed by atoms with van der Waals surface area (Å²) in [6.07, 6.45) is 0. The second kappa shape index (κ2) is 8.43. The molecule has 0 unspecified atom stereocenters. The highest BCUT2D eigenvalue weighted by atomic mass is 19.1. The van der Waals surface area contributed by atoms with Crippen molar-refractivity contribution in [3.8, 4) is 0 Å². The van der Waals surface area contributed by atoms with Gasteiger partial charge in [-0.25, -0.2) is 4.39 Å². The minimum absolute atomic E-state index is 0.0961. The number of amides is 1. The number of likely N-dealkylation sites (N-methyl/N-ethyl adjacent to an activating group) is 1. The van der Waals surface area contributed by atoms with Crippen LogP contribution >= 0.6 is 0 Å². The van der Waals surface area contributed by atoms with Crippen molar-refractivity contribution in [2.75, 3.05) is 38.1 Å². The van der Waals surface area contributed by atoms with Crippen LogP contribution in [0.3, 0.4) is 0 Å². The van der Waals surface area contributed by atoms with Gasteiger partial charge in [-0.05, 0) is 25.1 Å². The summed E-state index contributed by atoms with van der Waals surface area (Å²) in [6.45, 7) is 5.87. The minimum Gasteiger partial charge on any atom is -0.314 e. The van der Waals surface area contributed by atoms with Gasteiger partial charge < -0.3 is 4.90 Å². The Hall–Kier alpha value is -2.24. The largest absolute Gasteiger partial charge is 0.314 e. The van der Waals surface area contributed by atoms with Crippen LogP contribution in [-0.4, -0.2) is 55.0 Å². The molecule has 0 radical (unpaired) electrons. The zero-order valence-electron chi connectivity index (χ0n) is 15.4. The summed E-state index contributed by atoms with van der Waals surface area (Å²) >= 11 is 0. The summed E-state index contributed by atoms with van der Waals surface area (Å²) in [7, 11) is 1.82. The molecule has 1 amide bonds. The summed E-state index contributed by atoms with van der Waals surface area (Å²) in [5, 5.41) is 0. The van der Waals surface area contributed by atoms with Gasteiger partial charge in [0, 0.05) is 51.0 Å². The Morgan fingerprint density at radius 3 is 2.31 bits per heavy atom. The smallest absolute Gasteiger partial charge is 0.243 e. The van der Waals surface area contributed by atoms with Crippen LogP contribution < -0.4 is 4.90 Å². The van der Waals surface area contributed by atoms with Crippen LogP contribution in [0.25, 0.3) is 0 Å². The van der Waals surface area contributed by atoms with Gasteiger partial charge in [0.15, 0.2) is 0 Å². The van der Waals surface area contributed by atoms with E-state index in [0.29, 0.717) is 6.54 Å². The van der Waals surface area contributed by atoms with E-state index in [0.717, 1.165) is 37.4 Å². The van der Waals surface area contributed by atoms with Gasteiger partial charge in [-0.1, -0.05) is 36.4 Å². The van der Waals surface area contributed by atoms with Crippen molar-refractivity contribution in [2.45, 2.75) is 19.5 Å². The van der Waals surface area contributed by atoms with Gasteiger partial charge >= 0.3 is 0 Å². The third-order valence-corrected chi connectivity index (χ3v) is 5.14. The molecule has 1 saturated heterocycles. The fourth-order valence-corrected chi connectivity index (χ4v) is 3.39. The average molecular weight is 355 g/mol. The molecule has 26 heavy (non-hydrogen) atoms. The molecule has 2 aromatic carbocycles. The maximum absolute atomic E-state index is 13.8. The standard InChI is InChI=1S/C21H26FN3O/c1-17(21(26)23(2)19-9-4-3-5-10-19)25-14-12-24(13-15-25)16-18-8-6-7-11-20(18)22/h3-11,17H,12-16H2,1-2H3/t17-/m0/s1. The van der Waals surface area contributed by atoms with Crippen LogP contribution in [0.5, 0.6) is 0 Å². The summed E-state index contributed by atoms with van der Waals surface area (Å²) in [5.41, 5.74) is 1.64. The minimum atomic E-state index is -0.171. The number of benzene rings is 2. The maximum Gasteiger partial charge on any atom is 0.243 e. The number of halogens is 1. The first-order chi connectivity index (χ1) is 12.6. The average Bonchev–Trinajstić information content (AvgIpc) is 2.69. The van der Waals surface area contributed by atoms with Crippen molar-refractivity contribution >= 4 is 11.6 Å². The molecule has 1 atom stereocenters. The van der Waals surface area contributed by atoms with Gasteiger partial charge in [0.25, 0.3) is 0 Å². The molecule has 1 aliphatic rings. The van der Waals surface area contributed by atoms with Crippen LogP contribution in [0.1, 0.15) is 12.5 Å². The lowest BCUT2D eigenvalue weighted by molar-refractivity contribution is -0.123. The summed E-state index contributed by atoms with van der Waals surface area (Å²) in [5.74, 6) is -0.0540. The van der Waals surface area contributed by atoms with Gasteiger partial charge in [0.2, 0.25) is 5.91 Å². The summed E-state index contributed by atoms with van der Waals surface area (Å²) in [6, 6.07) is 16.5. The molecule has 1 fully saturated rings. The van der Waals surface area contributed by atoms with E-state index >= 15 is 0 Å². The Bertz CT molecular complexity index is 729. The predicted octanol–water partition coefficient (Wildman–Crippen LogP) is 2.99. The Balaban J connectivity index is 1.54. The highest BCUT2D eigenvalue weighted by molar-refractivity contribution is 5.96. The first kappa shape index (κ1) is 18.5. The SMILES string of the molecule is C[C@@H](C(=O)N(C)c1ccccc1)N1CCN(Cc2ccccc2F)CC1. The topological polar surface area (TPSA) is 26.8 Å². The third kappa shape index (κ3) is 4.29. The monoisotopic (exact) mass is 355 g/mol. The van der Waals surface area contributed by atoms with Crippen LogP contribution in [0.15, 0.2) is 54.6 Å². The Labute approximate surface area is 154 Å². The molecule has 5 heteroatoms. The van der Waals surface area contributed by atoms with Crippen molar-refractivity contribution < 1.29 is 9.18 Å². The number of carbonyl (C=O) groups excluding carboxylic acids is 1. The lowest BCUT2D eigenvalue weighted by atomic mass is 10.1. The van der Waals surface area contributed by atoms with Gasteiger partial charge in [-0.3, -0.25) is 14.6 Å². The van der Waals surface area contributed by atoms with Gasteiger partial charge in [-0.15, -0.1) is 0 Å². The van der Waals surface area contributed by atoms with Crippen LogP contribution in [0.2, 0.25) is 0 Å². The quantitative estimate of drug-likeness (QED) is 0.825. The Morgan fingerprint density at radius 1 is 1.04 bits per heavy atom. The zero-order valence-corrected chi connectivity index (χ0v) is 15.4. The number of piperazine rings is 1. The first-order valence-electron chi connectivity index (χ1n) is 9.08. The van der Waals surface area contributed by atoms with Crippen molar-refractivity contribution in [1.29, 1.82) is 0 Å². The first-order valence-corrected chi connectivity index (χ1v) is 9.08. The second-order valence-corrected chi connectivity index (χ2v) is 6.81. The number of anilines is 1. The Kier molecular flexibility index (Phi) is 6.01. The van der Waals surface area contributed by atoms with Gasteiger partial charge in [0.1, 0.15) is 5.82 Å². The molecule has 0 spiro atoms. The van der Waals surface area contributed by atoms with Crippen molar-refractivity contribution in [1.82, 2.24) is 9.80 Å². The van der Waals surface area contributed by atoms with E-state index in [1.165, 1.54) is 6.07 Å². The number of hydrogen-bond donors (Lipinski definition) is 0. The molecule has 3 rings (SSSR count). The number of hydrogen-bond acceptors (Lipinski definition) is 3. The molecule has 0 N–H and O–H groups in total. The van der Waals surface area contributed by atoms with E-state index in [1.54, 1.807) is 11.0 Å². The van der Waals surface area contributed by atoms with Crippen molar-refractivity contribution in [3.63, 3.8) is 0 Å². The predicted molar refractivity (Wildman–Crippen MR) is 103 cm³/mol. The Morgan fingerprint density at radius 2 is 1.65 bits per heavy atom. The number of para-hydroxylation sites is 1. The van der Waals surface area contributed by atoms with Crippen LogP contribution in [-0.2, 0) is 11.3 Å². The van der Waals surface area contributed by atoms with E-state index in [1.807, 2.05) is 56.4 Å². The van der Waals surface area contributed by atoms with Crippen LogP contribution in [0.4, 0.5) is 10.1 Å². The second-order valence-electron chi connectivity index (χ2n) is 6.81. The van der Waals surface area contributed by atoms with Gasteiger partial charge in [-0.2, -0.15) is 0 Å². The van der Waals surface area contributed by atoms with E-state index in [9.17, 15) is 9.18 Å². The highest BCUT2D eigenvalue weighted by Crippen LogP contribution is 2.17. The number of carbonyl (C=O) groups is 1. The summed E-state index contributed by atoms with van der Waals surface area (Å²) < 4.78 is 13.8. The molecule has 0 bridgehead atoms. The fourth-order valence-electron chi connectivity index (χ4n) is 3.39. The zero-order chi connectivity index (χ0) is 18.5. The van der Waals surface area contributed by atoms with Crippen molar-refractivity contribution in [3.05, 3.63) is 66.0 Å². The molecule has 0 saturated carbocycles. The lowest BCUT2D eigenvalue weighted by Gasteiger charge is -2.38. The normalized spacial score (nSPS) is 17.0. The molecule has 1 aliphatic heterocycles. The fraction of sp³-hybridized carbons (Fsp3) is 0.381. The number of nitrogens with zero attached hydrogens (tertiary/aromatic N) is 3. The van der Waals surface area contributed by atoms with Crippen LogP contribution in [0, 0.1) is 5.82 Å². The maximum atomic E-state index is 13.8. The van der Waals surface area contributed by atoms with Gasteiger partial charge in [0.05, 0.1) is 6.04 Å². The molecule has 0 aromatic heterocycles. The summed E-state index contributed by atoms with van der Waals surface area (Å²) in [4.78, 5) is 19.0. The third-order valence-electron chi connectivity index (χ3n) is 5.14. The van der Waals surface area contributed by atoms with E-state index < -0.39 is 0 Å². The molecule has 2 aromatic rings. The lowest BCUT2D eigenvalue weighted by Crippen LogP contribution is -2.54. The van der Waals surface area contributed by atoms with Crippen molar-refractivity contribution in [2.24, 2.45) is 0 Å². The molecule has 0 aliphatic carbocycles. The van der Waals surface area contributed by atoms with E-state index in [2.05, 4.69) is 9.80 Å². The molecule has 1 heterocycles. The number of rotatable bonds is 5. The molecule has 138 valence electrons. The van der Waals surface area contributed by atoms with E-state index in [-0.39, 0.29) is 17.8 Å². The van der Waals surface area contributed by atoms with E-state index in [4.69, 9.17) is 0 Å². The highest BCUT2D eigenvalue weighted by Gasteiger charge is 2.28. The molecular formula is C21H26FN3O.